The SMILES string of the molecule is Cc1c(O)cc(=O)oc1-c1cccnc1. The van der Waals surface area contributed by atoms with Crippen LogP contribution in [0.2, 0.25) is 0 Å². The van der Waals surface area contributed by atoms with Crippen LogP contribution >= 0.6 is 0 Å². The first kappa shape index (κ1) is 9.45. The first-order valence-electron chi connectivity index (χ1n) is 4.42. The minimum atomic E-state index is -0.572. The molecule has 1 N–H and O–H groups in total. The molecule has 2 aromatic rings. The fraction of sp³-hybridized carbons (Fsp3) is 0.0909. The van der Waals surface area contributed by atoms with Crippen LogP contribution in [0.5, 0.6) is 5.75 Å². The van der Waals surface area contributed by atoms with E-state index in [1.54, 1.807) is 31.5 Å². The molecule has 4 nitrogen and oxygen atoms in total. The molecule has 0 aromatic carbocycles. The van der Waals surface area contributed by atoms with Gasteiger partial charge in [-0.1, -0.05) is 0 Å². The van der Waals surface area contributed by atoms with E-state index < -0.39 is 5.63 Å². The zero-order valence-electron chi connectivity index (χ0n) is 8.10. The number of nitrogens with zero attached hydrogens (tertiary/aromatic N) is 1. The van der Waals surface area contributed by atoms with E-state index in [2.05, 4.69) is 4.98 Å². The molecule has 0 aliphatic heterocycles. The summed E-state index contributed by atoms with van der Waals surface area (Å²) in [4.78, 5) is 15.0. The molecule has 0 unspecified atom stereocenters. The lowest BCUT2D eigenvalue weighted by Crippen LogP contribution is -1.99. The second-order valence-corrected chi connectivity index (χ2v) is 3.15. The number of hydrogen-bond acceptors (Lipinski definition) is 4. The van der Waals surface area contributed by atoms with Gasteiger partial charge in [0.25, 0.3) is 0 Å². The van der Waals surface area contributed by atoms with E-state index in [0.717, 1.165) is 6.07 Å². The summed E-state index contributed by atoms with van der Waals surface area (Å²) in [6.07, 6.45) is 3.20. The van der Waals surface area contributed by atoms with Crippen molar-refractivity contribution in [3.05, 3.63) is 46.6 Å². The van der Waals surface area contributed by atoms with Gasteiger partial charge in [-0.25, -0.2) is 4.79 Å². The number of aromatic nitrogens is 1. The van der Waals surface area contributed by atoms with Crippen LogP contribution in [0.1, 0.15) is 5.56 Å². The number of rotatable bonds is 1. The van der Waals surface area contributed by atoms with Crippen LogP contribution in [0.25, 0.3) is 11.3 Å². The van der Waals surface area contributed by atoms with E-state index in [9.17, 15) is 9.90 Å². The summed E-state index contributed by atoms with van der Waals surface area (Å²) in [5.41, 5.74) is 0.627. The van der Waals surface area contributed by atoms with Crippen molar-refractivity contribution >= 4 is 0 Å². The molecular weight excluding hydrogens is 194 g/mol. The van der Waals surface area contributed by atoms with Crippen LogP contribution in [0.4, 0.5) is 0 Å². The molecule has 0 spiro atoms. The average Bonchev–Trinajstić information content (AvgIpc) is 2.24. The highest BCUT2D eigenvalue weighted by molar-refractivity contribution is 5.61. The molecule has 0 fully saturated rings. The lowest BCUT2D eigenvalue weighted by atomic mass is 10.1. The molecule has 76 valence electrons. The number of aromatic hydroxyl groups is 1. The first-order chi connectivity index (χ1) is 7.18. The van der Waals surface area contributed by atoms with Crippen molar-refractivity contribution in [3.8, 4) is 17.1 Å². The smallest absolute Gasteiger partial charge is 0.339 e. The summed E-state index contributed by atoms with van der Waals surface area (Å²) in [6, 6.07) is 4.55. The standard InChI is InChI=1S/C11H9NO3/c1-7-9(13)5-10(14)15-11(7)8-3-2-4-12-6-8/h2-6,13H,1H3. The van der Waals surface area contributed by atoms with Crippen LogP contribution in [0.15, 0.2) is 39.8 Å². The Morgan fingerprint density at radius 1 is 1.47 bits per heavy atom. The highest BCUT2D eigenvalue weighted by Crippen LogP contribution is 2.26. The zero-order chi connectivity index (χ0) is 10.8. The van der Waals surface area contributed by atoms with Gasteiger partial charge in [-0.05, 0) is 19.1 Å². The van der Waals surface area contributed by atoms with E-state index in [-0.39, 0.29) is 5.75 Å². The maximum Gasteiger partial charge on any atom is 0.339 e. The Morgan fingerprint density at radius 2 is 2.27 bits per heavy atom. The quantitative estimate of drug-likeness (QED) is 0.766. The molecule has 0 atom stereocenters. The van der Waals surface area contributed by atoms with E-state index in [1.165, 1.54) is 0 Å². The predicted octanol–water partition coefficient (Wildman–Crippen LogP) is 1.72. The Morgan fingerprint density at radius 3 is 2.93 bits per heavy atom. The van der Waals surface area contributed by atoms with Crippen molar-refractivity contribution in [2.24, 2.45) is 0 Å². The van der Waals surface area contributed by atoms with Crippen LogP contribution in [-0.2, 0) is 0 Å². The van der Waals surface area contributed by atoms with Crippen LogP contribution in [0.3, 0.4) is 0 Å². The van der Waals surface area contributed by atoms with Crippen LogP contribution in [-0.4, -0.2) is 10.1 Å². The Labute approximate surface area is 85.8 Å². The van der Waals surface area contributed by atoms with Crippen molar-refractivity contribution in [2.45, 2.75) is 6.92 Å². The van der Waals surface area contributed by atoms with Crippen LogP contribution < -0.4 is 5.63 Å². The van der Waals surface area contributed by atoms with Crippen molar-refractivity contribution in [1.29, 1.82) is 0 Å². The fourth-order valence-electron chi connectivity index (χ4n) is 1.32. The van der Waals surface area contributed by atoms with Gasteiger partial charge in [-0.2, -0.15) is 0 Å². The summed E-state index contributed by atoms with van der Waals surface area (Å²) in [6.45, 7) is 1.68. The second-order valence-electron chi connectivity index (χ2n) is 3.15. The third-order valence-electron chi connectivity index (χ3n) is 2.11. The lowest BCUT2D eigenvalue weighted by Gasteiger charge is -2.04. The Bertz CT molecular complexity index is 531. The van der Waals surface area contributed by atoms with Gasteiger partial charge in [0.15, 0.2) is 0 Å². The van der Waals surface area contributed by atoms with E-state index in [4.69, 9.17) is 4.42 Å². The fourth-order valence-corrected chi connectivity index (χ4v) is 1.32. The number of pyridine rings is 1. The van der Waals surface area contributed by atoms with Gasteiger partial charge in [0, 0.05) is 23.5 Å². The summed E-state index contributed by atoms with van der Waals surface area (Å²) < 4.78 is 5.02. The van der Waals surface area contributed by atoms with Gasteiger partial charge in [0.05, 0.1) is 6.07 Å². The van der Waals surface area contributed by atoms with Crippen molar-refractivity contribution in [1.82, 2.24) is 4.98 Å². The monoisotopic (exact) mass is 203 g/mol. The van der Waals surface area contributed by atoms with E-state index in [1.807, 2.05) is 0 Å². The molecule has 2 aromatic heterocycles. The van der Waals surface area contributed by atoms with Gasteiger partial charge >= 0.3 is 5.63 Å². The minimum Gasteiger partial charge on any atom is -0.507 e. The van der Waals surface area contributed by atoms with Gasteiger partial charge in [-0.15, -0.1) is 0 Å². The molecule has 2 rings (SSSR count). The average molecular weight is 203 g/mol. The molecule has 15 heavy (non-hydrogen) atoms. The van der Waals surface area contributed by atoms with Crippen molar-refractivity contribution < 1.29 is 9.52 Å². The normalized spacial score (nSPS) is 10.2. The summed E-state index contributed by atoms with van der Waals surface area (Å²) in [5, 5.41) is 9.46. The Balaban J connectivity index is 2.68. The maximum absolute atomic E-state index is 11.1. The molecule has 0 aliphatic rings. The molecule has 0 bridgehead atoms. The van der Waals surface area contributed by atoms with Crippen LogP contribution in [0, 0.1) is 6.92 Å². The summed E-state index contributed by atoms with van der Waals surface area (Å²) >= 11 is 0. The minimum absolute atomic E-state index is 0.0647. The van der Waals surface area contributed by atoms with Crippen molar-refractivity contribution in [2.75, 3.05) is 0 Å². The van der Waals surface area contributed by atoms with Gasteiger partial charge < -0.3 is 9.52 Å². The largest absolute Gasteiger partial charge is 0.507 e. The molecule has 0 saturated heterocycles. The molecule has 0 radical (unpaired) electrons. The van der Waals surface area contributed by atoms with Gasteiger partial charge in [0.1, 0.15) is 11.5 Å². The van der Waals surface area contributed by atoms with E-state index >= 15 is 0 Å². The maximum atomic E-state index is 11.1. The number of hydrogen-bond donors (Lipinski definition) is 1. The predicted molar refractivity (Wildman–Crippen MR) is 54.6 cm³/mol. The van der Waals surface area contributed by atoms with Gasteiger partial charge in [-0.3, -0.25) is 4.98 Å². The third-order valence-corrected chi connectivity index (χ3v) is 2.11. The summed E-state index contributed by atoms with van der Waals surface area (Å²) in [7, 11) is 0. The highest BCUT2D eigenvalue weighted by atomic mass is 16.4. The highest BCUT2D eigenvalue weighted by Gasteiger charge is 2.09. The second kappa shape index (κ2) is 3.57. The molecule has 0 aliphatic carbocycles. The molecule has 0 amide bonds. The Kier molecular flexibility index (Phi) is 2.25. The third kappa shape index (κ3) is 1.74. The molecule has 0 saturated carbocycles. The molecule has 2 heterocycles. The first-order valence-corrected chi connectivity index (χ1v) is 4.42. The zero-order valence-corrected chi connectivity index (χ0v) is 8.10. The molecular formula is C11H9NO3. The lowest BCUT2D eigenvalue weighted by molar-refractivity contribution is 0.446. The van der Waals surface area contributed by atoms with Gasteiger partial charge in [0.2, 0.25) is 0 Å². The van der Waals surface area contributed by atoms with E-state index in [0.29, 0.717) is 16.9 Å². The summed E-state index contributed by atoms with van der Waals surface area (Å²) in [5.74, 6) is 0.290. The molecule has 4 heteroatoms. The van der Waals surface area contributed by atoms with Crippen molar-refractivity contribution in [3.63, 3.8) is 0 Å². The Hall–Kier alpha value is -2.10. The topological polar surface area (TPSA) is 63.3 Å².